The summed E-state index contributed by atoms with van der Waals surface area (Å²) in [6.07, 6.45) is 2.27. The lowest BCUT2D eigenvalue weighted by Gasteiger charge is -2.22. The van der Waals surface area contributed by atoms with Gasteiger partial charge in [0.1, 0.15) is 5.78 Å². The van der Waals surface area contributed by atoms with Crippen molar-refractivity contribution in [2.24, 2.45) is 0 Å². The normalized spacial score (nSPS) is 30.1. The lowest BCUT2D eigenvalue weighted by atomic mass is 9.70. The Morgan fingerprint density at radius 1 is 1.29 bits per heavy atom. The molecule has 1 atom stereocenters. The largest absolute Gasteiger partial charge is 0.460 e. The van der Waals surface area contributed by atoms with E-state index in [1.807, 2.05) is 0 Å². The molecular weight excluding hydrogens is 181 g/mol. The first-order chi connectivity index (χ1) is 6.86. The highest BCUT2D eigenvalue weighted by Gasteiger charge is 2.36. The quantitative estimate of drug-likeness (QED) is 0.611. The molecule has 0 radical (unpaired) electrons. The molecule has 0 amide bonds. The van der Waals surface area contributed by atoms with Crippen LogP contribution in [-0.4, -0.2) is 39.2 Å². The molecule has 1 N–H and O–H groups in total. The van der Waals surface area contributed by atoms with Gasteiger partial charge in [-0.3, -0.25) is 4.79 Å². The van der Waals surface area contributed by atoms with Crippen molar-refractivity contribution in [3.63, 3.8) is 0 Å². The Morgan fingerprint density at radius 2 is 2.00 bits per heavy atom. The van der Waals surface area contributed by atoms with E-state index in [4.69, 9.17) is 9.31 Å². The first-order valence-electron chi connectivity index (χ1n) is 5.32. The predicted molar refractivity (Wildman–Crippen MR) is 53.1 cm³/mol. The monoisotopic (exact) mass is 197 g/mol. The van der Waals surface area contributed by atoms with Crippen LogP contribution < -0.4 is 5.32 Å². The van der Waals surface area contributed by atoms with Gasteiger partial charge in [-0.15, -0.1) is 0 Å². The lowest BCUT2D eigenvalue weighted by Crippen LogP contribution is -2.37. The van der Waals surface area contributed by atoms with Gasteiger partial charge in [0.25, 0.3) is 0 Å². The van der Waals surface area contributed by atoms with Crippen LogP contribution in [0.5, 0.6) is 0 Å². The van der Waals surface area contributed by atoms with Gasteiger partial charge in [-0.1, -0.05) is 0 Å². The highest BCUT2D eigenvalue weighted by Crippen LogP contribution is 2.31. The fourth-order valence-electron chi connectivity index (χ4n) is 2.02. The van der Waals surface area contributed by atoms with Crippen LogP contribution in [0.1, 0.15) is 19.3 Å². The Balaban J connectivity index is 1.84. The molecule has 0 aromatic carbocycles. The Hall–Kier alpha value is -0.385. The molecule has 0 aromatic heterocycles. The van der Waals surface area contributed by atoms with Crippen molar-refractivity contribution in [2.45, 2.75) is 25.1 Å². The predicted octanol–water partition coefficient (Wildman–Crippen LogP) is 0.234. The van der Waals surface area contributed by atoms with Crippen molar-refractivity contribution in [2.75, 3.05) is 26.3 Å². The first kappa shape index (κ1) is 10.1. The molecular formula is C9H16BNO3. The minimum absolute atomic E-state index is 0.149. The highest BCUT2D eigenvalue weighted by molar-refractivity contribution is 6.47. The first-order valence-corrected chi connectivity index (χ1v) is 5.32. The SMILES string of the molecule is O=C1CCC(B2OCCNCCO2)C1. The van der Waals surface area contributed by atoms with E-state index in [-0.39, 0.29) is 7.12 Å². The van der Waals surface area contributed by atoms with Crippen LogP contribution in [0.15, 0.2) is 0 Å². The van der Waals surface area contributed by atoms with E-state index in [2.05, 4.69) is 5.32 Å². The van der Waals surface area contributed by atoms with Crippen LogP contribution in [0, 0.1) is 0 Å². The number of Topliss-reactive ketones (excluding diaryl/α,β-unsaturated/α-hetero) is 1. The number of ketones is 1. The second-order valence-corrected chi connectivity index (χ2v) is 3.90. The maximum atomic E-state index is 11.1. The Labute approximate surface area is 84.5 Å². The number of nitrogens with one attached hydrogen (secondary N) is 1. The Morgan fingerprint density at radius 3 is 2.57 bits per heavy atom. The summed E-state index contributed by atoms with van der Waals surface area (Å²) in [5.74, 6) is 0.642. The minimum atomic E-state index is -0.149. The molecule has 0 aromatic rings. The molecule has 2 fully saturated rings. The van der Waals surface area contributed by atoms with Crippen molar-refractivity contribution in [1.29, 1.82) is 0 Å². The van der Waals surface area contributed by atoms with Crippen LogP contribution in [0.3, 0.4) is 0 Å². The van der Waals surface area contributed by atoms with Gasteiger partial charge < -0.3 is 14.6 Å². The van der Waals surface area contributed by atoms with Crippen molar-refractivity contribution >= 4 is 12.9 Å². The van der Waals surface area contributed by atoms with E-state index in [0.29, 0.717) is 37.7 Å². The second-order valence-electron chi connectivity index (χ2n) is 3.90. The van der Waals surface area contributed by atoms with Gasteiger partial charge in [-0.25, -0.2) is 0 Å². The van der Waals surface area contributed by atoms with E-state index in [1.165, 1.54) is 0 Å². The zero-order chi connectivity index (χ0) is 9.80. The summed E-state index contributed by atoms with van der Waals surface area (Å²) in [4.78, 5) is 11.1. The maximum Gasteiger partial charge on any atom is 0.460 e. The molecule has 1 aliphatic carbocycles. The molecule has 2 aliphatic rings. The van der Waals surface area contributed by atoms with Crippen LogP contribution in [-0.2, 0) is 14.1 Å². The molecule has 1 saturated heterocycles. The zero-order valence-corrected chi connectivity index (χ0v) is 8.33. The standard InChI is InChI=1S/C9H16BNO3/c12-9-2-1-8(7-9)10-13-5-3-11-4-6-14-10/h8,11H,1-7H2. The molecule has 1 aliphatic heterocycles. The third-order valence-corrected chi connectivity index (χ3v) is 2.79. The molecule has 14 heavy (non-hydrogen) atoms. The van der Waals surface area contributed by atoms with E-state index in [0.717, 1.165) is 19.5 Å². The average Bonchev–Trinajstić information content (AvgIpc) is 2.51. The summed E-state index contributed by atoms with van der Waals surface area (Å²) in [5.41, 5.74) is 0. The fraction of sp³-hybridized carbons (Fsp3) is 0.889. The molecule has 4 nitrogen and oxygen atoms in total. The van der Waals surface area contributed by atoms with Crippen molar-refractivity contribution in [1.82, 2.24) is 5.32 Å². The number of carbonyl (C=O) groups is 1. The molecule has 78 valence electrons. The molecule has 0 spiro atoms. The van der Waals surface area contributed by atoms with Gasteiger partial charge >= 0.3 is 7.12 Å². The van der Waals surface area contributed by atoms with Crippen LogP contribution >= 0.6 is 0 Å². The van der Waals surface area contributed by atoms with Gasteiger partial charge in [0.2, 0.25) is 0 Å². The van der Waals surface area contributed by atoms with Crippen molar-refractivity contribution < 1.29 is 14.1 Å². The number of hydrogen-bond acceptors (Lipinski definition) is 4. The van der Waals surface area contributed by atoms with Gasteiger partial charge in [-0.05, 0) is 6.42 Å². The number of rotatable bonds is 1. The van der Waals surface area contributed by atoms with Crippen LogP contribution in [0.4, 0.5) is 0 Å². The van der Waals surface area contributed by atoms with Crippen LogP contribution in [0.25, 0.3) is 0 Å². The van der Waals surface area contributed by atoms with E-state index in [1.54, 1.807) is 0 Å². The summed E-state index contributed by atoms with van der Waals surface area (Å²) >= 11 is 0. The number of hydrogen-bond donors (Lipinski definition) is 1. The summed E-state index contributed by atoms with van der Waals surface area (Å²) in [5, 5.41) is 3.19. The molecule has 2 rings (SSSR count). The van der Waals surface area contributed by atoms with Gasteiger partial charge in [0.05, 0.1) is 0 Å². The van der Waals surface area contributed by atoms with Crippen molar-refractivity contribution in [3.05, 3.63) is 0 Å². The minimum Gasteiger partial charge on any atom is -0.410 e. The molecule has 0 bridgehead atoms. The molecule has 1 saturated carbocycles. The molecule has 1 unspecified atom stereocenters. The maximum absolute atomic E-state index is 11.1. The topological polar surface area (TPSA) is 47.6 Å². The van der Waals surface area contributed by atoms with E-state index in [9.17, 15) is 4.79 Å². The molecule has 1 heterocycles. The molecule has 5 heteroatoms. The Kier molecular flexibility index (Phi) is 3.56. The summed E-state index contributed by atoms with van der Waals surface area (Å²) in [7, 11) is -0.149. The van der Waals surface area contributed by atoms with Crippen LogP contribution in [0.2, 0.25) is 5.82 Å². The number of carbonyl (C=O) groups excluding carboxylic acids is 1. The second kappa shape index (κ2) is 4.91. The Bertz CT molecular complexity index is 204. The lowest BCUT2D eigenvalue weighted by molar-refractivity contribution is -0.117. The highest BCUT2D eigenvalue weighted by atomic mass is 16.6. The summed E-state index contributed by atoms with van der Waals surface area (Å²) in [6, 6.07) is 0. The third kappa shape index (κ3) is 2.56. The average molecular weight is 197 g/mol. The van der Waals surface area contributed by atoms with E-state index < -0.39 is 0 Å². The summed E-state index contributed by atoms with van der Waals surface area (Å²) < 4.78 is 11.2. The van der Waals surface area contributed by atoms with E-state index >= 15 is 0 Å². The third-order valence-electron chi connectivity index (χ3n) is 2.79. The smallest absolute Gasteiger partial charge is 0.410 e. The fourth-order valence-corrected chi connectivity index (χ4v) is 2.02. The zero-order valence-electron chi connectivity index (χ0n) is 8.33. The van der Waals surface area contributed by atoms with Gasteiger partial charge in [0.15, 0.2) is 0 Å². The van der Waals surface area contributed by atoms with Gasteiger partial charge in [-0.2, -0.15) is 0 Å². The van der Waals surface area contributed by atoms with Crippen molar-refractivity contribution in [3.8, 4) is 0 Å². The van der Waals surface area contributed by atoms with Gasteiger partial charge in [0, 0.05) is 45.0 Å². The summed E-state index contributed by atoms with van der Waals surface area (Å²) in [6.45, 7) is 3.10.